The summed E-state index contributed by atoms with van der Waals surface area (Å²) in [5.41, 5.74) is 6.56. The Morgan fingerprint density at radius 3 is 1.77 bits per heavy atom. The van der Waals surface area contributed by atoms with E-state index in [4.69, 9.17) is 0 Å². The van der Waals surface area contributed by atoms with Gasteiger partial charge in [-0.2, -0.15) is 0 Å². The van der Waals surface area contributed by atoms with Crippen molar-refractivity contribution >= 4 is 22.6 Å². The summed E-state index contributed by atoms with van der Waals surface area (Å²) in [6.07, 6.45) is 7.63. The first kappa shape index (κ1) is 20.0. The lowest BCUT2D eigenvalue weighted by Gasteiger charge is -2.19. The number of hydrogen-bond donors (Lipinski definition) is 0. The Balaban J connectivity index is 2.63. The standard InChI is InChI=1S/C21H35I/c1-16-14-18(10-8-12-20(3,4)5)15-17(2)19(16)11-9-13-21(6,7)22/h14-15H,8-13H2,1-7H3. The molecule has 0 fully saturated rings. The average Bonchev–Trinajstić information content (AvgIpc) is 2.29. The Morgan fingerprint density at radius 2 is 1.32 bits per heavy atom. The number of alkyl halides is 1. The molecule has 0 amide bonds. The Hall–Kier alpha value is -0.0500. The lowest BCUT2D eigenvalue weighted by molar-refractivity contribution is 0.365. The summed E-state index contributed by atoms with van der Waals surface area (Å²) in [7, 11) is 0. The van der Waals surface area contributed by atoms with Crippen LogP contribution in [0.5, 0.6) is 0 Å². The van der Waals surface area contributed by atoms with E-state index >= 15 is 0 Å². The molecule has 1 aromatic rings. The number of halogens is 1. The van der Waals surface area contributed by atoms with Gasteiger partial charge < -0.3 is 0 Å². The highest BCUT2D eigenvalue weighted by molar-refractivity contribution is 14.1. The molecule has 1 aromatic carbocycles. The number of benzene rings is 1. The first-order valence-electron chi connectivity index (χ1n) is 8.76. The van der Waals surface area contributed by atoms with Crippen molar-refractivity contribution in [2.75, 3.05) is 0 Å². The zero-order chi connectivity index (χ0) is 17.0. The zero-order valence-electron chi connectivity index (χ0n) is 15.8. The SMILES string of the molecule is Cc1cc(CCCC(C)(C)C)cc(C)c1CCCC(C)(C)I. The molecule has 0 radical (unpaired) electrons. The molecule has 126 valence electrons. The lowest BCUT2D eigenvalue weighted by atomic mass is 9.88. The predicted octanol–water partition coefficient (Wildman–Crippen LogP) is 7.21. The van der Waals surface area contributed by atoms with Crippen LogP contribution in [0.4, 0.5) is 0 Å². The van der Waals surface area contributed by atoms with Crippen molar-refractivity contribution in [3.63, 3.8) is 0 Å². The largest absolute Gasteiger partial charge is 0.0795 e. The summed E-state index contributed by atoms with van der Waals surface area (Å²) in [4.78, 5) is 0. The lowest BCUT2D eigenvalue weighted by Crippen LogP contribution is -2.09. The van der Waals surface area contributed by atoms with Crippen LogP contribution in [0.1, 0.15) is 82.6 Å². The van der Waals surface area contributed by atoms with Crippen molar-refractivity contribution in [2.24, 2.45) is 5.41 Å². The third-order valence-electron chi connectivity index (χ3n) is 4.35. The van der Waals surface area contributed by atoms with E-state index < -0.39 is 0 Å². The van der Waals surface area contributed by atoms with Gasteiger partial charge in [-0.15, -0.1) is 0 Å². The Kier molecular flexibility index (Phi) is 7.42. The molecule has 0 spiro atoms. The summed E-state index contributed by atoms with van der Waals surface area (Å²) in [5.74, 6) is 0. The van der Waals surface area contributed by atoms with Crippen molar-refractivity contribution in [3.8, 4) is 0 Å². The molecule has 22 heavy (non-hydrogen) atoms. The smallest absolute Gasteiger partial charge is 0.0166 e. The minimum absolute atomic E-state index is 0.423. The summed E-state index contributed by atoms with van der Waals surface area (Å²) in [6.45, 7) is 16.2. The number of aryl methyl sites for hydroxylation is 3. The monoisotopic (exact) mass is 414 g/mol. The molecule has 0 N–H and O–H groups in total. The highest BCUT2D eigenvalue weighted by atomic mass is 127. The molecule has 0 unspecified atom stereocenters. The van der Waals surface area contributed by atoms with Gasteiger partial charge in [0.2, 0.25) is 0 Å². The molecule has 1 heteroatoms. The molecular formula is C21H35I. The quantitative estimate of drug-likeness (QED) is 0.327. The molecule has 0 saturated carbocycles. The van der Waals surface area contributed by atoms with Crippen LogP contribution in [0.15, 0.2) is 12.1 Å². The molecule has 0 nitrogen and oxygen atoms in total. The second kappa shape index (κ2) is 8.17. The highest BCUT2D eigenvalue weighted by Crippen LogP contribution is 2.27. The normalized spacial score (nSPS) is 12.7. The minimum atomic E-state index is 0.423. The van der Waals surface area contributed by atoms with Crippen LogP contribution >= 0.6 is 22.6 Å². The van der Waals surface area contributed by atoms with Crippen LogP contribution in [0, 0.1) is 19.3 Å². The van der Waals surface area contributed by atoms with Gasteiger partial charge in [-0.25, -0.2) is 0 Å². The van der Waals surface area contributed by atoms with Gasteiger partial charge in [-0.05, 0) is 80.0 Å². The van der Waals surface area contributed by atoms with Gasteiger partial charge >= 0.3 is 0 Å². The van der Waals surface area contributed by atoms with Gasteiger partial charge in [-0.3, -0.25) is 0 Å². The van der Waals surface area contributed by atoms with Crippen molar-refractivity contribution in [1.82, 2.24) is 0 Å². The van der Waals surface area contributed by atoms with E-state index in [1.807, 2.05) is 0 Å². The molecule has 1 rings (SSSR count). The van der Waals surface area contributed by atoms with Crippen LogP contribution in [0.25, 0.3) is 0 Å². The Bertz CT molecular complexity index is 449. The van der Waals surface area contributed by atoms with Crippen LogP contribution in [-0.4, -0.2) is 3.42 Å². The predicted molar refractivity (Wildman–Crippen MR) is 109 cm³/mol. The summed E-state index contributed by atoms with van der Waals surface area (Å²) in [6, 6.07) is 4.86. The zero-order valence-corrected chi connectivity index (χ0v) is 17.9. The molecule has 0 bridgehead atoms. The maximum Gasteiger partial charge on any atom is 0.0166 e. The summed E-state index contributed by atoms with van der Waals surface area (Å²) >= 11 is 2.56. The van der Waals surface area contributed by atoms with Crippen molar-refractivity contribution < 1.29 is 0 Å². The average molecular weight is 414 g/mol. The maximum atomic E-state index is 2.56. The second-order valence-corrected chi connectivity index (χ2v) is 11.6. The van der Waals surface area contributed by atoms with Crippen molar-refractivity contribution in [3.05, 3.63) is 34.4 Å². The Labute approximate surface area is 152 Å². The van der Waals surface area contributed by atoms with E-state index in [-0.39, 0.29) is 0 Å². The van der Waals surface area contributed by atoms with E-state index in [0.29, 0.717) is 8.84 Å². The van der Waals surface area contributed by atoms with Gasteiger partial charge in [0.25, 0.3) is 0 Å². The first-order valence-corrected chi connectivity index (χ1v) is 9.84. The highest BCUT2D eigenvalue weighted by Gasteiger charge is 2.13. The second-order valence-electron chi connectivity index (χ2n) is 8.69. The van der Waals surface area contributed by atoms with Crippen molar-refractivity contribution in [2.45, 2.75) is 90.4 Å². The fourth-order valence-corrected chi connectivity index (χ4v) is 3.51. The third-order valence-corrected chi connectivity index (χ3v) is 4.89. The number of hydrogen-bond acceptors (Lipinski definition) is 0. The number of rotatable bonds is 7. The van der Waals surface area contributed by atoms with Crippen LogP contribution < -0.4 is 0 Å². The van der Waals surface area contributed by atoms with E-state index in [1.54, 1.807) is 5.56 Å². The van der Waals surface area contributed by atoms with E-state index in [9.17, 15) is 0 Å². The maximum absolute atomic E-state index is 2.56. The van der Waals surface area contributed by atoms with Crippen LogP contribution in [-0.2, 0) is 12.8 Å². The van der Waals surface area contributed by atoms with E-state index in [0.717, 1.165) is 0 Å². The molecule has 0 heterocycles. The molecule has 0 aliphatic rings. The van der Waals surface area contributed by atoms with Crippen molar-refractivity contribution in [1.29, 1.82) is 0 Å². The minimum Gasteiger partial charge on any atom is -0.0795 e. The molecule has 0 aliphatic heterocycles. The van der Waals surface area contributed by atoms with Gasteiger partial charge in [0, 0.05) is 3.42 Å². The topological polar surface area (TPSA) is 0 Å². The van der Waals surface area contributed by atoms with Crippen LogP contribution in [0.2, 0.25) is 0 Å². The van der Waals surface area contributed by atoms with E-state index in [2.05, 4.69) is 83.2 Å². The molecule has 0 aromatic heterocycles. The van der Waals surface area contributed by atoms with E-state index in [1.165, 1.54) is 55.2 Å². The van der Waals surface area contributed by atoms with Gasteiger partial charge in [-0.1, -0.05) is 69.3 Å². The third kappa shape index (κ3) is 7.99. The van der Waals surface area contributed by atoms with Crippen LogP contribution in [0.3, 0.4) is 0 Å². The van der Waals surface area contributed by atoms with Gasteiger partial charge in [0.1, 0.15) is 0 Å². The molecule has 0 saturated heterocycles. The summed E-state index contributed by atoms with van der Waals surface area (Å²) in [5, 5.41) is 0. The molecule has 0 aliphatic carbocycles. The fourth-order valence-electron chi connectivity index (χ4n) is 3.13. The molecular weight excluding hydrogens is 379 g/mol. The first-order chi connectivity index (χ1) is 9.98. The van der Waals surface area contributed by atoms with Gasteiger partial charge in [0.05, 0.1) is 0 Å². The van der Waals surface area contributed by atoms with Gasteiger partial charge in [0.15, 0.2) is 0 Å². The molecule has 0 atom stereocenters. The fraction of sp³-hybridized carbons (Fsp3) is 0.714. The summed E-state index contributed by atoms with van der Waals surface area (Å²) < 4.78 is 0.423. The Morgan fingerprint density at radius 1 is 0.818 bits per heavy atom.